The average Bonchev–Trinajstić information content (AvgIpc) is 2.82. The molecule has 1 saturated heterocycles. The van der Waals surface area contributed by atoms with E-state index in [0.717, 1.165) is 0 Å². The SMILES string of the molecule is N#[N+]C(c1ccccc1)C1(O)C(=O)N/C(=C\c2ccccc2)C1=O. The lowest BCUT2D eigenvalue weighted by atomic mass is 9.86. The molecule has 2 aromatic carbocycles. The van der Waals surface area contributed by atoms with E-state index in [-0.39, 0.29) is 5.70 Å². The van der Waals surface area contributed by atoms with Gasteiger partial charge in [-0.1, -0.05) is 60.7 Å². The molecular formula is C18H14N3O3+. The second-order valence-electron chi connectivity index (χ2n) is 5.45. The fourth-order valence-electron chi connectivity index (χ4n) is 2.68. The summed E-state index contributed by atoms with van der Waals surface area (Å²) in [4.78, 5) is 28.0. The number of diazo groups is 1. The first kappa shape index (κ1) is 15.6. The van der Waals surface area contributed by atoms with Gasteiger partial charge in [-0.3, -0.25) is 9.59 Å². The van der Waals surface area contributed by atoms with Crippen LogP contribution in [0.5, 0.6) is 0 Å². The predicted octanol–water partition coefficient (Wildman–Crippen LogP) is 2.05. The Morgan fingerprint density at radius 1 is 1.04 bits per heavy atom. The lowest BCUT2D eigenvalue weighted by Crippen LogP contribution is -2.47. The number of nitrogens with zero attached hydrogens (tertiary/aromatic N) is 2. The van der Waals surface area contributed by atoms with Crippen LogP contribution in [0, 0.1) is 5.39 Å². The Hall–Kier alpha value is -3.30. The van der Waals surface area contributed by atoms with Crippen molar-refractivity contribution in [2.45, 2.75) is 11.6 Å². The van der Waals surface area contributed by atoms with Crippen molar-refractivity contribution in [3.8, 4) is 0 Å². The number of carbonyl (C=O) groups excluding carboxylic acids is 2. The zero-order chi connectivity index (χ0) is 17.2. The van der Waals surface area contributed by atoms with Gasteiger partial charge in [-0.25, -0.2) is 0 Å². The third-order valence-electron chi connectivity index (χ3n) is 3.92. The lowest BCUT2D eigenvalue weighted by molar-refractivity contribution is -0.145. The summed E-state index contributed by atoms with van der Waals surface area (Å²) in [5.74, 6) is -1.75. The van der Waals surface area contributed by atoms with Crippen LogP contribution < -0.4 is 5.32 Å². The van der Waals surface area contributed by atoms with Gasteiger partial charge in [-0.05, 0) is 11.6 Å². The number of benzene rings is 2. The Morgan fingerprint density at radius 3 is 2.21 bits per heavy atom. The molecule has 1 amide bonds. The molecule has 0 aliphatic carbocycles. The summed E-state index contributed by atoms with van der Waals surface area (Å²) < 4.78 is 0. The van der Waals surface area contributed by atoms with Crippen molar-refractivity contribution in [3.05, 3.63) is 82.5 Å². The Morgan fingerprint density at radius 2 is 1.62 bits per heavy atom. The third kappa shape index (κ3) is 2.47. The molecule has 0 saturated carbocycles. The molecule has 0 aromatic heterocycles. The summed E-state index contributed by atoms with van der Waals surface area (Å²) in [6, 6.07) is 15.7. The quantitative estimate of drug-likeness (QED) is 0.514. The Labute approximate surface area is 138 Å². The summed E-state index contributed by atoms with van der Waals surface area (Å²) in [6.07, 6.45) is 1.47. The standard InChI is InChI=1S/C18H13N3O3/c19-21-15(13-9-5-2-6-10-13)18(24)16(22)14(20-17(18)23)11-12-7-3-1-4-8-12/h1-11,15,24H/p+1/b14-11-. The van der Waals surface area contributed by atoms with Gasteiger partial charge in [0.25, 0.3) is 11.5 Å². The smallest absolute Gasteiger partial charge is 0.366 e. The van der Waals surface area contributed by atoms with E-state index in [2.05, 4.69) is 10.3 Å². The fraction of sp³-hybridized carbons (Fsp3) is 0.111. The van der Waals surface area contributed by atoms with Gasteiger partial charge in [-0.2, -0.15) is 0 Å². The molecular weight excluding hydrogens is 306 g/mol. The molecule has 0 bridgehead atoms. The summed E-state index contributed by atoms with van der Waals surface area (Å²) >= 11 is 0. The zero-order valence-corrected chi connectivity index (χ0v) is 12.6. The molecule has 118 valence electrons. The third-order valence-corrected chi connectivity index (χ3v) is 3.92. The van der Waals surface area contributed by atoms with E-state index in [1.165, 1.54) is 6.08 Å². The first-order valence-corrected chi connectivity index (χ1v) is 7.32. The number of Topliss-reactive ketones (excluding diaryl/α,β-unsaturated/α-hetero) is 1. The minimum atomic E-state index is -2.49. The van der Waals surface area contributed by atoms with E-state index in [1.54, 1.807) is 54.6 Å². The highest BCUT2D eigenvalue weighted by molar-refractivity contribution is 6.25. The van der Waals surface area contributed by atoms with Crippen molar-refractivity contribution in [3.63, 3.8) is 0 Å². The molecule has 6 nitrogen and oxygen atoms in total. The van der Waals surface area contributed by atoms with Crippen molar-refractivity contribution in [2.75, 3.05) is 0 Å². The molecule has 2 N–H and O–H groups in total. The largest absolute Gasteiger partial charge is 0.383 e. The average molecular weight is 320 g/mol. The van der Waals surface area contributed by atoms with Crippen LogP contribution in [0.15, 0.2) is 66.4 Å². The summed E-state index contributed by atoms with van der Waals surface area (Å²) in [7, 11) is 0. The first-order valence-electron chi connectivity index (χ1n) is 7.32. The number of nitrogens with one attached hydrogen (secondary N) is 1. The normalized spacial score (nSPS) is 22.9. The van der Waals surface area contributed by atoms with E-state index in [9.17, 15) is 20.1 Å². The van der Waals surface area contributed by atoms with Gasteiger partial charge in [0, 0.05) is 5.56 Å². The van der Waals surface area contributed by atoms with Crippen molar-refractivity contribution in [1.82, 2.24) is 5.32 Å². The minimum absolute atomic E-state index is 0.0433. The van der Waals surface area contributed by atoms with Crippen molar-refractivity contribution >= 4 is 17.8 Å². The second-order valence-corrected chi connectivity index (χ2v) is 5.45. The number of hydrogen-bond acceptors (Lipinski definition) is 4. The highest BCUT2D eigenvalue weighted by Crippen LogP contribution is 2.36. The zero-order valence-electron chi connectivity index (χ0n) is 12.6. The van der Waals surface area contributed by atoms with E-state index >= 15 is 0 Å². The van der Waals surface area contributed by atoms with Gasteiger partial charge in [0.2, 0.25) is 11.2 Å². The topological polar surface area (TPSA) is 94.5 Å². The van der Waals surface area contributed by atoms with E-state index in [4.69, 9.17) is 0 Å². The van der Waals surface area contributed by atoms with Gasteiger partial charge >= 0.3 is 6.04 Å². The number of amides is 1. The number of hydrogen-bond donors (Lipinski definition) is 2. The molecule has 1 aliphatic heterocycles. The summed E-state index contributed by atoms with van der Waals surface area (Å²) in [6.45, 7) is 0. The minimum Gasteiger partial charge on any atom is -0.366 e. The number of rotatable bonds is 3. The molecule has 1 heterocycles. The molecule has 6 heteroatoms. The monoisotopic (exact) mass is 320 g/mol. The first-order chi connectivity index (χ1) is 11.6. The number of carbonyl (C=O) groups is 2. The van der Waals surface area contributed by atoms with E-state index in [0.29, 0.717) is 11.1 Å². The van der Waals surface area contributed by atoms with Crippen LogP contribution in [0.2, 0.25) is 0 Å². The molecule has 1 aliphatic rings. The summed E-state index contributed by atoms with van der Waals surface area (Å²) in [5.41, 5.74) is -1.48. The fourth-order valence-corrected chi connectivity index (χ4v) is 2.68. The van der Waals surface area contributed by atoms with Crippen LogP contribution in [-0.4, -0.2) is 22.4 Å². The van der Waals surface area contributed by atoms with Gasteiger partial charge in [0.1, 0.15) is 4.98 Å². The van der Waals surface area contributed by atoms with Crippen LogP contribution >= 0.6 is 0 Å². The Bertz CT molecular complexity index is 856. The number of ketones is 1. The highest BCUT2D eigenvalue weighted by atomic mass is 16.3. The molecule has 24 heavy (non-hydrogen) atoms. The summed E-state index contributed by atoms with van der Waals surface area (Å²) in [5, 5.41) is 22.4. The predicted molar refractivity (Wildman–Crippen MR) is 86.8 cm³/mol. The maximum absolute atomic E-state index is 12.6. The maximum atomic E-state index is 12.6. The van der Waals surface area contributed by atoms with Crippen molar-refractivity contribution in [2.24, 2.45) is 0 Å². The van der Waals surface area contributed by atoms with Crippen LogP contribution in [0.3, 0.4) is 0 Å². The van der Waals surface area contributed by atoms with Crippen LogP contribution in [0.25, 0.3) is 11.1 Å². The van der Waals surface area contributed by atoms with E-state index < -0.39 is 23.3 Å². The molecule has 0 radical (unpaired) electrons. The van der Waals surface area contributed by atoms with Gasteiger partial charge in [0.05, 0.1) is 5.70 Å². The van der Waals surface area contributed by atoms with Crippen molar-refractivity contribution < 1.29 is 14.7 Å². The van der Waals surface area contributed by atoms with Crippen LogP contribution in [-0.2, 0) is 9.59 Å². The number of aliphatic hydroxyl groups is 1. The molecule has 2 atom stereocenters. The van der Waals surface area contributed by atoms with Gasteiger partial charge in [0.15, 0.2) is 0 Å². The van der Waals surface area contributed by atoms with Gasteiger partial charge in [-0.15, -0.1) is 0 Å². The molecule has 1 fully saturated rings. The van der Waals surface area contributed by atoms with Crippen LogP contribution in [0.4, 0.5) is 0 Å². The second kappa shape index (κ2) is 6.07. The maximum Gasteiger partial charge on any atom is 0.383 e. The molecule has 0 spiro atoms. The van der Waals surface area contributed by atoms with E-state index in [1.807, 2.05) is 6.07 Å². The molecule has 3 rings (SSSR count). The Kier molecular flexibility index (Phi) is 3.94. The molecule has 2 aromatic rings. The molecule has 2 unspecified atom stereocenters. The highest BCUT2D eigenvalue weighted by Gasteiger charge is 2.64. The van der Waals surface area contributed by atoms with Gasteiger partial charge < -0.3 is 10.4 Å². The lowest BCUT2D eigenvalue weighted by Gasteiger charge is -2.14. The van der Waals surface area contributed by atoms with Crippen molar-refractivity contribution in [1.29, 1.82) is 5.39 Å². The van der Waals surface area contributed by atoms with Crippen LogP contribution in [0.1, 0.15) is 17.2 Å². The Balaban J connectivity index is 2.02.